The summed E-state index contributed by atoms with van der Waals surface area (Å²) in [4.78, 5) is 29.8. The lowest BCUT2D eigenvalue weighted by Crippen LogP contribution is -2.43. The van der Waals surface area contributed by atoms with Crippen LogP contribution in [0.2, 0.25) is 0 Å². The Morgan fingerprint density at radius 1 is 0.545 bits per heavy atom. The summed E-state index contributed by atoms with van der Waals surface area (Å²) >= 11 is 0. The van der Waals surface area contributed by atoms with E-state index in [1.54, 1.807) is 0 Å². The van der Waals surface area contributed by atoms with Crippen LogP contribution in [0.15, 0.2) is 48.6 Å². The van der Waals surface area contributed by atoms with E-state index in [9.17, 15) is 14.7 Å². The summed E-state index contributed by atoms with van der Waals surface area (Å²) in [5.74, 6) is -0.451. The number of carbonyl (C=O) groups is 2. The predicted octanol–water partition coefficient (Wildman–Crippen LogP) is 13.8. The van der Waals surface area contributed by atoms with Crippen molar-refractivity contribution in [3.8, 4) is 0 Å². The zero-order valence-electron chi connectivity index (χ0n) is 43.3. The fraction of sp³-hybridized carbons (Fsp3) is 0.825. The summed E-state index contributed by atoms with van der Waals surface area (Å²) in [6, 6.07) is 0.532. The number of likely N-dealkylation sites (N-methyl/N-ethyl adjacent to an activating group) is 1. The van der Waals surface area contributed by atoms with Crippen molar-refractivity contribution in [3.63, 3.8) is 0 Å². The van der Waals surface area contributed by atoms with Gasteiger partial charge in [0.2, 0.25) is 0 Å². The van der Waals surface area contributed by atoms with E-state index in [2.05, 4.69) is 79.3 Å². The first kappa shape index (κ1) is 61.7. The monoisotopic (exact) mass is 929 g/mol. The first-order chi connectivity index (χ1) is 32.5. The number of nitrogens with zero attached hydrogens (tertiary/aromatic N) is 2. The molecule has 0 aromatic carbocycles. The van der Waals surface area contributed by atoms with E-state index in [-0.39, 0.29) is 50.7 Å². The fourth-order valence-corrected chi connectivity index (χ4v) is 8.50. The Hall–Kier alpha value is -2.30. The van der Waals surface area contributed by atoms with Gasteiger partial charge in [0.1, 0.15) is 0 Å². The first-order valence-electron chi connectivity index (χ1n) is 27.6. The first-order valence-corrected chi connectivity index (χ1v) is 27.6. The molecule has 1 unspecified atom stereocenters. The number of ether oxygens (including phenoxy) is 4. The van der Waals surface area contributed by atoms with Gasteiger partial charge in [0.15, 0.2) is 0 Å². The Kier molecular flexibility index (Phi) is 45.9. The van der Waals surface area contributed by atoms with Gasteiger partial charge in [-0.2, -0.15) is 0 Å². The average Bonchev–Trinajstić information content (AvgIpc) is 3.61. The molecule has 1 saturated carbocycles. The van der Waals surface area contributed by atoms with Gasteiger partial charge in [-0.1, -0.05) is 165 Å². The second-order valence-electron chi connectivity index (χ2n) is 18.8. The summed E-state index contributed by atoms with van der Waals surface area (Å²) in [6.07, 6.45) is 54.5. The third-order valence-electron chi connectivity index (χ3n) is 12.6. The van der Waals surface area contributed by atoms with Gasteiger partial charge >= 0.3 is 11.9 Å². The second-order valence-corrected chi connectivity index (χ2v) is 18.8. The molecule has 66 heavy (non-hydrogen) atoms. The highest BCUT2D eigenvalue weighted by Crippen LogP contribution is 2.22. The van der Waals surface area contributed by atoms with Gasteiger partial charge in [-0.25, -0.2) is 0 Å². The Bertz CT molecular complexity index is 1180. The SMILES string of the molecule is CCCCC/C=C\C/C=C\CCCCCCCCOC(=O)CCOCC(CN(C)CCN(CCO)C1CCCCCC1)OCCC(=O)OCCCCCCCC/C=C\C/C=C\CCCCC. The molecule has 0 bridgehead atoms. The van der Waals surface area contributed by atoms with Crippen molar-refractivity contribution in [1.82, 2.24) is 9.80 Å². The minimum Gasteiger partial charge on any atom is -0.466 e. The maximum atomic E-state index is 12.6. The Morgan fingerprint density at radius 2 is 1.00 bits per heavy atom. The minimum absolute atomic E-state index is 0.171. The van der Waals surface area contributed by atoms with Crippen molar-refractivity contribution in [1.29, 1.82) is 0 Å². The molecule has 0 spiro atoms. The normalized spacial score (nSPS) is 14.5. The number of hydrogen-bond acceptors (Lipinski definition) is 9. The molecule has 0 saturated heterocycles. The van der Waals surface area contributed by atoms with Gasteiger partial charge in [0.05, 0.1) is 58.6 Å². The van der Waals surface area contributed by atoms with Gasteiger partial charge < -0.3 is 29.0 Å². The van der Waals surface area contributed by atoms with E-state index < -0.39 is 0 Å². The molecule has 0 aromatic rings. The average molecular weight is 929 g/mol. The summed E-state index contributed by atoms with van der Waals surface area (Å²) in [7, 11) is 2.09. The molecular weight excluding hydrogens is 825 g/mol. The van der Waals surface area contributed by atoms with Gasteiger partial charge in [0.25, 0.3) is 0 Å². The topological polar surface area (TPSA) is 97.8 Å². The highest BCUT2D eigenvalue weighted by atomic mass is 16.6. The van der Waals surface area contributed by atoms with Crippen LogP contribution in [0.3, 0.4) is 0 Å². The van der Waals surface area contributed by atoms with E-state index in [0.717, 1.165) is 64.5 Å². The number of aliphatic hydroxyl groups excluding tert-OH is 1. The zero-order valence-corrected chi connectivity index (χ0v) is 43.3. The van der Waals surface area contributed by atoms with Crippen LogP contribution >= 0.6 is 0 Å². The third kappa shape index (κ3) is 41.9. The molecule has 1 aliphatic rings. The van der Waals surface area contributed by atoms with Crippen molar-refractivity contribution in [2.24, 2.45) is 0 Å². The van der Waals surface area contributed by atoms with Gasteiger partial charge in [-0.15, -0.1) is 0 Å². The molecule has 1 rings (SSSR count). The van der Waals surface area contributed by atoms with Gasteiger partial charge in [0, 0.05) is 32.2 Å². The van der Waals surface area contributed by atoms with E-state index >= 15 is 0 Å². The number of hydrogen-bond donors (Lipinski definition) is 1. The van der Waals surface area contributed by atoms with Crippen molar-refractivity contribution in [3.05, 3.63) is 48.6 Å². The van der Waals surface area contributed by atoms with Crippen LogP contribution < -0.4 is 0 Å². The predicted molar refractivity (Wildman–Crippen MR) is 278 cm³/mol. The van der Waals surface area contributed by atoms with Crippen LogP contribution in [-0.4, -0.2) is 112 Å². The molecule has 9 nitrogen and oxygen atoms in total. The van der Waals surface area contributed by atoms with Crippen LogP contribution in [-0.2, 0) is 28.5 Å². The van der Waals surface area contributed by atoms with Gasteiger partial charge in [-0.3, -0.25) is 14.5 Å². The lowest BCUT2D eigenvalue weighted by Gasteiger charge is -2.33. The van der Waals surface area contributed by atoms with Crippen molar-refractivity contribution in [2.75, 3.05) is 72.9 Å². The number of allylic oxidation sites excluding steroid dienone is 8. The molecule has 1 fully saturated rings. The number of rotatable bonds is 47. The van der Waals surface area contributed by atoms with Crippen LogP contribution in [0.1, 0.15) is 219 Å². The zero-order chi connectivity index (χ0) is 47.6. The molecule has 1 atom stereocenters. The standard InChI is InChI=1S/C57H104N2O7/c1-4-6-8-10-12-14-16-18-20-22-24-26-28-30-34-38-48-65-56(61)42-50-63-53-55(52-58(3)44-45-59(46-47-60)54-40-36-32-33-37-41-54)64-51-43-57(62)66-49-39-35-31-29-27-25-23-21-19-17-15-13-11-9-7-5-2/h12-15,18-21,54-55,60H,4-11,16-17,22-53H2,1-3H3/b14-12-,15-13-,20-18-,21-19-. The molecule has 0 aromatic heterocycles. The highest BCUT2D eigenvalue weighted by Gasteiger charge is 2.21. The number of unbranched alkanes of at least 4 members (excludes halogenated alkanes) is 18. The second kappa shape index (κ2) is 49.1. The quantitative estimate of drug-likeness (QED) is 0.0277. The van der Waals surface area contributed by atoms with Crippen LogP contribution in [0.5, 0.6) is 0 Å². The molecule has 0 heterocycles. The molecule has 1 aliphatic carbocycles. The summed E-state index contributed by atoms with van der Waals surface area (Å²) < 4.78 is 23.3. The summed E-state index contributed by atoms with van der Waals surface area (Å²) in [6.45, 7) is 9.51. The molecule has 0 aliphatic heterocycles. The molecule has 9 heteroatoms. The lowest BCUT2D eigenvalue weighted by atomic mass is 10.1. The Balaban J connectivity index is 2.32. The smallest absolute Gasteiger partial charge is 0.308 e. The maximum absolute atomic E-state index is 12.6. The third-order valence-corrected chi connectivity index (χ3v) is 12.6. The number of esters is 2. The van der Waals surface area contributed by atoms with Gasteiger partial charge in [-0.05, 0) is 96.9 Å². The highest BCUT2D eigenvalue weighted by molar-refractivity contribution is 5.69. The molecule has 1 N–H and O–H groups in total. The number of carbonyl (C=O) groups excluding carboxylic acids is 2. The van der Waals surface area contributed by atoms with Crippen LogP contribution in [0, 0.1) is 0 Å². The van der Waals surface area contributed by atoms with Crippen molar-refractivity contribution in [2.45, 2.75) is 231 Å². The maximum Gasteiger partial charge on any atom is 0.308 e. The molecule has 0 amide bonds. The van der Waals surface area contributed by atoms with E-state index in [1.165, 1.54) is 141 Å². The fourth-order valence-electron chi connectivity index (χ4n) is 8.50. The largest absolute Gasteiger partial charge is 0.466 e. The molecule has 0 radical (unpaired) electrons. The van der Waals surface area contributed by atoms with Crippen LogP contribution in [0.4, 0.5) is 0 Å². The number of aliphatic hydroxyl groups is 1. The molecular formula is C57H104N2O7. The molecule has 384 valence electrons. The Labute approximate surface area is 407 Å². The van der Waals surface area contributed by atoms with Crippen molar-refractivity contribution >= 4 is 11.9 Å². The van der Waals surface area contributed by atoms with E-state index in [4.69, 9.17) is 18.9 Å². The van der Waals surface area contributed by atoms with E-state index in [1.807, 2.05) is 0 Å². The lowest BCUT2D eigenvalue weighted by molar-refractivity contribution is -0.147. The Morgan fingerprint density at radius 3 is 1.48 bits per heavy atom. The van der Waals surface area contributed by atoms with Crippen molar-refractivity contribution < 1.29 is 33.6 Å². The van der Waals surface area contributed by atoms with E-state index in [0.29, 0.717) is 39.0 Å². The van der Waals surface area contributed by atoms with Crippen LogP contribution in [0.25, 0.3) is 0 Å². The summed E-state index contributed by atoms with van der Waals surface area (Å²) in [5.41, 5.74) is 0. The summed E-state index contributed by atoms with van der Waals surface area (Å²) in [5, 5.41) is 9.81. The minimum atomic E-state index is -0.256.